The van der Waals surface area contributed by atoms with Gasteiger partial charge in [0.15, 0.2) is 5.60 Å². The number of benzene rings is 3. The van der Waals surface area contributed by atoms with Gasteiger partial charge in [0.25, 0.3) is 5.91 Å². The minimum Gasteiger partial charge on any atom is -0.481 e. The number of nitrogens with zero attached hydrogens (tertiary/aromatic N) is 1. The molecule has 3 aliphatic rings. The average Bonchev–Trinajstić information content (AvgIpc) is 3.69. The van der Waals surface area contributed by atoms with Gasteiger partial charge < -0.3 is 20.1 Å². The fraction of sp³-hybridized carbons (Fsp3) is 0.290. The number of fused-ring (bicyclic) bond motifs is 2. The van der Waals surface area contributed by atoms with Crippen molar-refractivity contribution in [3.8, 4) is 0 Å². The van der Waals surface area contributed by atoms with Crippen LogP contribution in [-0.4, -0.2) is 53.0 Å². The second kappa shape index (κ2) is 10.2. The Morgan fingerprint density at radius 1 is 1.02 bits per heavy atom. The molecule has 3 N–H and O–H groups in total. The molecule has 0 bridgehead atoms. The third-order valence-electron chi connectivity index (χ3n) is 8.29. The molecule has 0 aromatic heterocycles. The van der Waals surface area contributed by atoms with Crippen LogP contribution in [0.1, 0.15) is 46.3 Å². The third kappa shape index (κ3) is 5.02. The molecule has 2 atom stereocenters. The van der Waals surface area contributed by atoms with Crippen molar-refractivity contribution in [1.29, 1.82) is 0 Å². The highest BCUT2D eigenvalue weighted by Gasteiger charge is 2.52. The zero-order valence-electron chi connectivity index (χ0n) is 22.1. The Kier molecular flexibility index (Phi) is 6.69. The van der Waals surface area contributed by atoms with Gasteiger partial charge in [-0.1, -0.05) is 54.1 Å². The highest BCUT2D eigenvalue weighted by atomic mass is 35.5. The maximum atomic E-state index is 13.9. The van der Waals surface area contributed by atoms with Gasteiger partial charge in [0.2, 0.25) is 5.91 Å². The predicted octanol–water partition coefficient (Wildman–Crippen LogP) is 4.49. The average molecular weight is 574 g/mol. The number of ether oxygens (including phenoxy) is 1. The molecule has 1 saturated heterocycles. The first kappa shape index (κ1) is 26.8. The van der Waals surface area contributed by atoms with E-state index in [4.69, 9.17) is 16.3 Å². The summed E-state index contributed by atoms with van der Waals surface area (Å²) in [4.78, 5) is 52.9. The number of anilines is 1. The summed E-state index contributed by atoms with van der Waals surface area (Å²) in [5.41, 5.74) is 1.25. The van der Waals surface area contributed by atoms with E-state index in [9.17, 15) is 24.3 Å². The monoisotopic (exact) mass is 573 g/mol. The number of rotatable bonds is 7. The summed E-state index contributed by atoms with van der Waals surface area (Å²) in [6.45, 7) is 0.449. The summed E-state index contributed by atoms with van der Waals surface area (Å²) in [7, 11) is 0. The van der Waals surface area contributed by atoms with E-state index in [0.717, 1.165) is 5.56 Å². The lowest BCUT2D eigenvalue weighted by atomic mass is 9.90. The number of hydrogen-bond acceptors (Lipinski definition) is 5. The Labute approximate surface area is 241 Å². The molecule has 2 fully saturated rings. The molecule has 3 aromatic carbocycles. The molecule has 2 aliphatic heterocycles. The maximum Gasteiger partial charge on any atom is 0.412 e. The molecular weight excluding hydrogens is 546 g/mol. The van der Waals surface area contributed by atoms with Crippen molar-refractivity contribution in [2.45, 2.75) is 42.7 Å². The van der Waals surface area contributed by atoms with Crippen molar-refractivity contribution in [1.82, 2.24) is 10.2 Å². The van der Waals surface area contributed by atoms with Crippen LogP contribution >= 0.6 is 11.6 Å². The van der Waals surface area contributed by atoms with Crippen LogP contribution in [0.4, 0.5) is 10.5 Å². The van der Waals surface area contributed by atoms with Crippen molar-refractivity contribution >= 4 is 41.2 Å². The summed E-state index contributed by atoms with van der Waals surface area (Å²) < 4.78 is 5.77. The van der Waals surface area contributed by atoms with Crippen molar-refractivity contribution < 1.29 is 29.0 Å². The minimum atomic E-state index is -1.04. The summed E-state index contributed by atoms with van der Waals surface area (Å²) >= 11 is 6.26. The topological polar surface area (TPSA) is 125 Å². The molecule has 1 aliphatic carbocycles. The van der Waals surface area contributed by atoms with Gasteiger partial charge >= 0.3 is 12.1 Å². The summed E-state index contributed by atoms with van der Waals surface area (Å²) in [5.74, 6) is -1.60. The molecular formula is C31H28ClN3O6. The normalized spacial score (nSPS) is 20.9. The Morgan fingerprint density at radius 3 is 2.44 bits per heavy atom. The lowest BCUT2D eigenvalue weighted by Gasteiger charge is -2.35. The number of likely N-dealkylation sites (tertiary alicyclic amines) is 1. The van der Waals surface area contributed by atoms with Crippen LogP contribution in [0, 0.1) is 0 Å². The van der Waals surface area contributed by atoms with Gasteiger partial charge in [-0.15, -0.1) is 0 Å². The Hall–Kier alpha value is -4.37. The summed E-state index contributed by atoms with van der Waals surface area (Å²) in [5, 5.41) is 15.7. The molecule has 3 aromatic rings. The molecule has 10 heteroatoms. The predicted molar refractivity (Wildman–Crippen MR) is 151 cm³/mol. The van der Waals surface area contributed by atoms with Crippen LogP contribution in [0.3, 0.4) is 0 Å². The van der Waals surface area contributed by atoms with Crippen LogP contribution in [-0.2, 0) is 31.8 Å². The largest absolute Gasteiger partial charge is 0.481 e. The first-order valence-corrected chi connectivity index (χ1v) is 13.8. The lowest BCUT2D eigenvalue weighted by molar-refractivity contribution is -0.140. The van der Waals surface area contributed by atoms with Crippen LogP contribution in [0.15, 0.2) is 72.8 Å². The summed E-state index contributed by atoms with van der Waals surface area (Å²) in [6.07, 6.45) is 1.20. The molecule has 1 saturated carbocycles. The fourth-order valence-corrected chi connectivity index (χ4v) is 6.02. The van der Waals surface area contributed by atoms with Gasteiger partial charge in [0, 0.05) is 35.5 Å². The molecule has 3 amide bonds. The Bertz CT molecular complexity index is 1540. The maximum absolute atomic E-state index is 13.9. The van der Waals surface area contributed by atoms with Crippen LogP contribution in [0.5, 0.6) is 0 Å². The molecule has 9 nitrogen and oxygen atoms in total. The van der Waals surface area contributed by atoms with E-state index in [1.54, 1.807) is 47.4 Å². The van der Waals surface area contributed by atoms with Gasteiger partial charge in [0.1, 0.15) is 6.04 Å². The van der Waals surface area contributed by atoms with Crippen LogP contribution < -0.4 is 10.6 Å². The first-order valence-electron chi connectivity index (χ1n) is 13.5. The Balaban J connectivity index is 1.23. The number of carboxylic acids is 1. The van der Waals surface area contributed by atoms with Crippen molar-refractivity contribution in [3.63, 3.8) is 0 Å². The van der Waals surface area contributed by atoms with Crippen molar-refractivity contribution in [2.75, 3.05) is 18.4 Å². The fourth-order valence-electron chi connectivity index (χ4n) is 5.85. The number of carbonyl (C=O) groups is 4. The van der Waals surface area contributed by atoms with Gasteiger partial charge in [-0.25, -0.2) is 4.79 Å². The zero-order valence-corrected chi connectivity index (χ0v) is 22.8. The zero-order chi connectivity index (χ0) is 28.8. The lowest BCUT2D eigenvalue weighted by Crippen LogP contribution is -2.50. The van der Waals surface area contributed by atoms with Crippen LogP contribution in [0.25, 0.3) is 0 Å². The second-order valence-electron chi connectivity index (χ2n) is 10.9. The number of carbonyl (C=O) groups excluding carboxylic acids is 3. The molecule has 0 radical (unpaired) electrons. The standard InChI is InChI=1S/C31H28ClN3O6/c32-22-10-11-24-23(17-22)31(41-29(40)34-24)14-15-35(18-31)27(37)25(16-19-4-2-1-3-5-19)33-26(36)20-6-8-21(9-7-20)30(12-13-30)28(38)39/h1-11,17,25H,12-16,18H2,(H,33,36)(H,34,40)(H,38,39). The van der Waals surface area contributed by atoms with Gasteiger partial charge in [-0.05, 0) is 54.3 Å². The summed E-state index contributed by atoms with van der Waals surface area (Å²) in [6, 6.07) is 20.2. The van der Waals surface area contributed by atoms with Crippen LogP contribution in [0.2, 0.25) is 5.02 Å². The van der Waals surface area contributed by atoms with Crippen molar-refractivity contribution in [3.05, 3.63) is 100 Å². The van der Waals surface area contributed by atoms with E-state index >= 15 is 0 Å². The Morgan fingerprint density at radius 2 is 1.76 bits per heavy atom. The molecule has 6 rings (SSSR count). The van der Waals surface area contributed by atoms with E-state index in [2.05, 4.69) is 10.6 Å². The molecule has 2 unspecified atom stereocenters. The first-order chi connectivity index (χ1) is 19.7. The van der Waals surface area contributed by atoms with E-state index in [1.165, 1.54) is 0 Å². The number of amides is 3. The highest BCUT2D eigenvalue weighted by Crippen LogP contribution is 2.48. The van der Waals surface area contributed by atoms with Gasteiger partial charge in [-0.2, -0.15) is 0 Å². The van der Waals surface area contributed by atoms with E-state index in [-0.39, 0.29) is 18.9 Å². The number of halogens is 1. The number of nitrogens with one attached hydrogen (secondary N) is 2. The molecule has 210 valence electrons. The molecule has 1 spiro atoms. The third-order valence-corrected chi connectivity index (χ3v) is 8.52. The van der Waals surface area contributed by atoms with Gasteiger partial charge in [0.05, 0.1) is 17.6 Å². The minimum absolute atomic E-state index is 0.125. The number of carboxylic acid groups (broad SMARTS) is 1. The molecule has 41 heavy (non-hydrogen) atoms. The van der Waals surface area contributed by atoms with E-state index < -0.39 is 35.0 Å². The number of aliphatic carboxylic acids is 1. The number of hydrogen-bond donors (Lipinski definition) is 3. The SMILES string of the molecule is O=C1Nc2ccc(Cl)cc2C2(CCN(C(=O)C(Cc3ccccc3)NC(=O)c3ccc(C4(C(=O)O)CC4)cc3)C2)O1. The van der Waals surface area contributed by atoms with E-state index in [1.807, 2.05) is 30.3 Å². The highest BCUT2D eigenvalue weighted by molar-refractivity contribution is 6.30. The second-order valence-corrected chi connectivity index (χ2v) is 11.3. The smallest absolute Gasteiger partial charge is 0.412 e. The van der Waals surface area contributed by atoms with E-state index in [0.29, 0.717) is 53.2 Å². The van der Waals surface area contributed by atoms with Gasteiger partial charge in [-0.3, -0.25) is 19.7 Å². The quantitative estimate of drug-likeness (QED) is 0.382. The van der Waals surface area contributed by atoms with Crippen molar-refractivity contribution in [2.24, 2.45) is 0 Å². The molecule has 2 heterocycles.